The van der Waals surface area contributed by atoms with E-state index in [1.54, 1.807) is 18.2 Å². The van der Waals surface area contributed by atoms with Crippen molar-refractivity contribution in [3.63, 3.8) is 0 Å². The minimum absolute atomic E-state index is 0.381. The minimum atomic E-state index is -0.472. The van der Waals surface area contributed by atoms with E-state index < -0.39 is 11.8 Å². The number of hydrogen-bond acceptors (Lipinski definition) is 2. The van der Waals surface area contributed by atoms with Gasteiger partial charge in [-0.1, -0.05) is 6.07 Å². The van der Waals surface area contributed by atoms with Crippen LogP contribution >= 0.6 is 15.9 Å². The van der Waals surface area contributed by atoms with Crippen molar-refractivity contribution in [2.45, 2.75) is 6.92 Å². The van der Waals surface area contributed by atoms with E-state index in [4.69, 9.17) is 0 Å². The molecule has 0 fully saturated rings. The van der Waals surface area contributed by atoms with Crippen LogP contribution < -0.4 is 10.6 Å². The number of pyridine rings is 1. The first-order valence-electron chi connectivity index (χ1n) is 5.51. The summed E-state index contributed by atoms with van der Waals surface area (Å²) in [6, 6.07) is 8.65. The Labute approximate surface area is 118 Å². The number of hydrogen-bond donors (Lipinski definition) is 2. The largest absolute Gasteiger partial charge is 0.324 e. The van der Waals surface area contributed by atoms with Gasteiger partial charge < -0.3 is 5.32 Å². The van der Waals surface area contributed by atoms with Crippen molar-refractivity contribution in [1.82, 2.24) is 4.98 Å². The van der Waals surface area contributed by atoms with E-state index >= 15 is 0 Å². The third-order valence-electron chi connectivity index (χ3n) is 2.35. The second-order valence-electron chi connectivity index (χ2n) is 3.85. The molecule has 2 rings (SSSR count). The fourth-order valence-electron chi connectivity index (χ4n) is 1.46. The van der Waals surface area contributed by atoms with Gasteiger partial charge in [0.15, 0.2) is 0 Å². The molecule has 0 radical (unpaired) electrons. The second kappa shape index (κ2) is 5.79. The first kappa shape index (κ1) is 13.5. The Bertz CT molecular complexity index is 619. The highest BCUT2D eigenvalue weighted by Crippen LogP contribution is 2.16. The number of rotatable bonds is 2. The molecule has 2 N–H and O–H groups in total. The number of urea groups is 1. The molecule has 6 heteroatoms. The molecule has 0 spiro atoms. The fraction of sp³-hybridized carbons (Fsp3) is 0.0769. The quantitative estimate of drug-likeness (QED) is 0.879. The Hall–Kier alpha value is -1.95. The zero-order chi connectivity index (χ0) is 13.8. The minimum Gasteiger partial charge on any atom is -0.308 e. The molecule has 0 aliphatic carbocycles. The zero-order valence-corrected chi connectivity index (χ0v) is 11.7. The first-order valence-corrected chi connectivity index (χ1v) is 6.30. The van der Waals surface area contributed by atoms with E-state index in [0.717, 1.165) is 10.2 Å². The lowest BCUT2D eigenvalue weighted by molar-refractivity contribution is 0.262. The molecule has 0 aliphatic rings. The molecular weight excluding hydrogens is 313 g/mol. The number of amides is 2. The maximum Gasteiger partial charge on any atom is 0.324 e. The highest BCUT2D eigenvalue weighted by Gasteiger charge is 2.05. The van der Waals surface area contributed by atoms with Crippen LogP contribution in [0.15, 0.2) is 40.9 Å². The predicted molar refractivity (Wildman–Crippen MR) is 75.7 cm³/mol. The van der Waals surface area contributed by atoms with Crippen molar-refractivity contribution in [3.05, 3.63) is 52.4 Å². The van der Waals surface area contributed by atoms with Crippen LogP contribution in [0.5, 0.6) is 0 Å². The van der Waals surface area contributed by atoms with Gasteiger partial charge in [-0.25, -0.2) is 14.2 Å². The van der Waals surface area contributed by atoms with Crippen LogP contribution in [-0.2, 0) is 0 Å². The third-order valence-corrected chi connectivity index (χ3v) is 3.18. The van der Waals surface area contributed by atoms with Crippen LogP contribution in [0.4, 0.5) is 20.7 Å². The molecule has 4 nitrogen and oxygen atoms in total. The van der Waals surface area contributed by atoms with Gasteiger partial charge in [-0.15, -0.1) is 0 Å². The molecule has 0 saturated heterocycles. The number of aryl methyl sites for hydroxylation is 1. The zero-order valence-electron chi connectivity index (χ0n) is 10.1. The van der Waals surface area contributed by atoms with Crippen LogP contribution in [0, 0.1) is 12.7 Å². The lowest BCUT2D eigenvalue weighted by atomic mass is 10.3. The van der Waals surface area contributed by atoms with Crippen LogP contribution in [0.1, 0.15) is 5.69 Å². The summed E-state index contributed by atoms with van der Waals surface area (Å²) in [6.45, 7) is 1.82. The topological polar surface area (TPSA) is 54.0 Å². The van der Waals surface area contributed by atoms with Crippen LogP contribution in [0.3, 0.4) is 0 Å². The molecule has 1 aromatic heterocycles. The smallest absolute Gasteiger partial charge is 0.308 e. The number of anilines is 2. The molecular formula is C13H11BrFN3O. The number of carbonyl (C=O) groups is 1. The molecule has 2 amide bonds. The summed E-state index contributed by atoms with van der Waals surface area (Å²) in [6.07, 6.45) is 0. The van der Waals surface area contributed by atoms with Crippen LogP contribution in [0.2, 0.25) is 0 Å². The normalized spacial score (nSPS) is 10.1. The number of nitrogens with zero attached hydrogens (tertiary/aromatic N) is 1. The highest BCUT2D eigenvalue weighted by molar-refractivity contribution is 9.10. The van der Waals surface area contributed by atoms with E-state index in [9.17, 15) is 9.18 Å². The van der Waals surface area contributed by atoms with Crippen molar-refractivity contribution < 1.29 is 9.18 Å². The SMILES string of the molecule is Cc1nc(NC(=O)Nc2cccc(F)c2)ccc1Br. The van der Waals surface area contributed by atoms with Gasteiger partial charge in [-0.3, -0.25) is 5.32 Å². The van der Waals surface area contributed by atoms with Crippen LogP contribution in [-0.4, -0.2) is 11.0 Å². The lowest BCUT2D eigenvalue weighted by Crippen LogP contribution is -2.20. The highest BCUT2D eigenvalue weighted by atomic mass is 79.9. The number of aromatic nitrogens is 1. The van der Waals surface area contributed by atoms with Gasteiger partial charge in [0.2, 0.25) is 0 Å². The molecule has 0 saturated carbocycles. The maximum absolute atomic E-state index is 13.0. The van der Waals surface area contributed by atoms with Gasteiger partial charge in [-0.05, 0) is 53.2 Å². The Morgan fingerprint density at radius 2 is 2.05 bits per heavy atom. The molecule has 0 aliphatic heterocycles. The van der Waals surface area contributed by atoms with E-state index in [-0.39, 0.29) is 0 Å². The van der Waals surface area contributed by atoms with Gasteiger partial charge in [-0.2, -0.15) is 0 Å². The lowest BCUT2D eigenvalue weighted by Gasteiger charge is -2.08. The summed E-state index contributed by atoms with van der Waals surface area (Å²) in [5.41, 5.74) is 1.15. The summed E-state index contributed by atoms with van der Waals surface area (Å²) < 4.78 is 13.8. The summed E-state index contributed by atoms with van der Waals surface area (Å²) in [7, 11) is 0. The Morgan fingerprint density at radius 1 is 1.26 bits per heavy atom. The molecule has 1 heterocycles. The predicted octanol–water partition coefficient (Wildman–Crippen LogP) is 3.94. The molecule has 1 aromatic carbocycles. The summed E-state index contributed by atoms with van der Waals surface area (Å²) in [5, 5.41) is 5.10. The Balaban J connectivity index is 2.03. The monoisotopic (exact) mass is 323 g/mol. The van der Waals surface area contributed by atoms with Gasteiger partial charge in [0.25, 0.3) is 0 Å². The summed E-state index contributed by atoms with van der Waals surface area (Å²) in [4.78, 5) is 15.9. The Morgan fingerprint density at radius 3 is 2.74 bits per heavy atom. The van der Waals surface area contributed by atoms with Crippen molar-refractivity contribution in [2.75, 3.05) is 10.6 Å². The molecule has 2 aromatic rings. The summed E-state index contributed by atoms with van der Waals surface area (Å²) in [5.74, 6) is 0.0185. The number of benzene rings is 1. The molecule has 0 unspecified atom stereocenters. The third kappa shape index (κ3) is 3.75. The standard InChI is InChI=1S/C13H11BrFN3O/c1-8-11(14)5-6-12(16-8)18-13(19)17-10-4-2-3-9(15)7-10/h2-7H,1H3,(H2,16,17,18,19). The molecule has 0 atom stereocenters. The van der Waals surface area contributed by atoms with Gasteiger partial charge >= 0.3 is 6.03 Å². The maximum atomic E-state index is 13.0. The van der Waals surface area contributed by atoms with Gasteiger partial charge in [0, 0.05) is 10.2 Å². The molecule has 0 bridgehead atoms. The molecule has 19 heavy (non-hydrogen) atoms. The van der Waals surface area contributed by atoms with E-state index in [2.05, 4.69) is 31.5 Å². The summed E-state index contributed by atoms with van der Waals surface area (Å²) >= 11 is 3.32. The van der Waals surface area contributed by atoms with Crippen LogP contribution in [0.25, 0.3) is 0 Å². The average molecular weight is 324 g/mol. The average Bonchev–Trinajstić information content (AvgIpc) is 2.34. The number of nitrogens with one attached hydrogen (secondary N) is 2. The van der Waals surface area contributed by atoms with E-state index in [0.29, 0.717) is 11.5 Å². The first-order chi connectivity index (χ1) is 9.04. The number of halogens is 2. The van der Waals surface area contributed by atoms with Crippen molar-refractivity contribution in [2.24, 2.45) is 0 Å². The van der Waals surface area contributed by atoms with Crippen molar-refractivity contribution >= 4 is 33.5 Å². The van der Waals surface area contributed by atoms with Crippen molar-refractivity contribution in [3.8, 4) is 0 Å². The van der Waals surface area contributed by atoms with Gasteiger partial charge in [0.05, 0.1) is 5.69 Å². The van der Waals surface area contributed by atoms with Gasteiger partial charge in [0.1, 0.15) is 11.6 Å². The molecule has 98 valence electrons. The van der Waals surface area contributed by atoms with E-state index in [1.165, 1.54) is 18.2 Å². The van der Waals surface area contributed by atoms with Crippen molar-refractivity contribution in [1.29, 1.82) is 0 Å². The second-order valence-corrected chi connectivity index (χ2v) is 4.71. The number of carbonyl (C=O) groups excluding carboxylic acids is 1. The Kier molecular flexibility index (Phi) is 4.11. The fourth-order valence-corrected chi connectivity index (χ4v) is 1.68. The van der Waals surface area contributed by atoms with E-state index in [1.807, 2.05) is 6.92 Å².